The van der Waals surface area contributed by atoms with E-state index < -0.39 is 11.6 Å². The Morgan fingerprint density at radius 3 is 2.65 bits per heavy atom. The van der Waals surface area contributed by atoms with Crippen molar-refractivity contribution in [3.05, 3.63) is 23.8 Å². The highest BCUT2D eigenvalue weighted by Crippen LogP contribution is 2.50. The second kappa shape index (κ2) is 6.48. The summed E-state index contributed by atoms with van der Waals surface area (Å²) in [7, 11) is 1.35. The van der Waals surface area contributed by atoms with Gasteiger partial charge in [-0.2, -0.15) is 0 Å². The van der Waals surface area contributed by atoms with Gasteiger partial charge in [-0.1, -0.05) is 12.7 Å². The zero-order valence-corrected chi connectivity index (χ0v) is 14.3. The highest BCUT2D eigenvalue weighted by atomic mass is 16.5. The number of carbonyl (C=O) groups is 2. The third-order valence-corrected chi connectivity index (χ3v) is 5.32. The molecule has 0 aromatic heterocycles. The fourth-order valence-corrected chi connectivity index (χ4v) is 4.02. The van der Waals surface area contributed by atoms with E-state index in [0.717, 1.165) is 5.57 Å². The van der Waals surface area contributed by atoms with Gasteiger partial charge in [0, 0.05) is 12.5 Å². The Bertz CT molecular complexity index is 546. The Hall–Kier alpha value is -1.62. The Kier molecular flexibility index (Phi) is 4.99. The fraction of sp³-hybridized carbons (Fsp3) is 0.667. The Morgan fingerprint density at radius 2 is 2.09 bits per heavy atom. The lowest BCUT2D eigenvalue weighted by atomic mass is 9.59. The maximum absolute atomic E-state index is 11.9. The molecule has 0 aromatic carbocycles. The summed E-state index contributed by atoms with van der Waals surface area (Å²) in [4.78, 5) is 23.2. The number of allylic oxidation sites excluding steroid dienone is 1. The zero-order chi connectivity index (χ0) is 17.4. The summed E-state index contributed by atoms with van der Waals surface area (Å²) in [5.74, 6) is -0.871. The van der Waals surface area contributed by atoms with Crippen molar-refractivity contribution < 1.29 is 24.2 Å². The first-order valence-corrected chi connectivity index (χ1v) is 8.02. The number of rotatable bonds is 3. The molecule has 2 aliphatic carbocycles. The van der Waals surface area contributed by atoms with Crippen LogP contribution >= 0.6 is 0 Å². The average Bonchev–Trinajstić information content (AvgIpc) is 2.47. The summed E-state index contributed by atoms with van der Waals surface area (Å²) in [6.45, 7) is 9.04. The topological polar surface area (TPSA) is 72.8 Å². The van der Waals surface area contributed by atoms with E-state index in [0.29, 0.717) is 24.8 Å². The molecule has 1 N–H and O–H groups in total. The van der Waals surface area contributed by atoms with Crippen LogP contribution in [0.1, 0.15) is 40.0 Å². The van der Waals surface area contributed by atoms with Gasteiger partial charge < -0.3 is 14.6 Å². The van der Waals surface area contributed by atoms with Crippen LogP contribution in [0.4, 0.5) is 0 Å². The Morgan fingerprint density at radius 1 is 1.43 bits per heavy atom. The molecule has 5 nitrogen and oxygen atoms in total. The first kappa shape index (κ1) is 17.7. The Labute approximate surface area is 137 Å². The van der Waals surface area contributed by atoms with Gasteiger partial charge in [0.1, 0.15) is 6.10 Å². The molecule has 128 valence electrons. The van der Waals surface area contributed by atoms with Crippen molar-refractivity contribution in [3.8, 4) is 0 Å². The van der Waals surface area contributed by atoms with Crippen molar-refractivity contribution in [1.82, 2.24) is 0 Å². The normalized spacial score (nSPS) is 36.5. The minimum absolute atomic E-state index is 0.00263. The molecule has 5 atom stereocenters. The number of hydrogen-bond donors (Lipinski definition) is 1. The van der Waals surface area contributed by atoms with Gasteiger partial charge in [0.05, 0.1) is 12.7 Å². The number of methoxy groups -OCH3 is 1. The molecule has 0 bridgehead atoms. The van der Waals surface area contributed by atoms with E-state index in [-0.39, 0.29) is 29.8 Å². The van der Waals surface area contributed by atoms with E-state index in [2.05, 4.69) is 6.58 Å². The van der Waals surface area contributed by atoms with Crippen LogP contribution in [0.5, 0.6) is 0 Å². The predicted molar refractivity (Wildman–Crippen MR) is 85.4 cm³/mol. The molecule has 2 rings (SSSR count). The van der Waals surface area contributed by atoms with Crippen molar-refractivity contribution in [2.45, 2.75) is 51.7 Å². The molecular weight excluding hydrogens is 296 g/mol. The van der Waals surface area contributed by atoms with Gasteiger partial charge in [-0.25, -0.2) is 4.79 Å². The maximum Gasteiger partial charge on any atom is 0.333 e. The minimum Gasteiger partial charge on any atom is -0.466 e. The largest absolute Gasteiger partial charge is 0.466 e. The van der Waals surface area contributed by atoms with Crippen LogP contribution in [0.3, 0.4) is 0 Å². The summed E-state index contributed by atoms with van der Waals surface area (Å²) in [6, 6.07) is 0. The van der Waals surface area contributed by atoms with Crippen LogP contribution < -0.4 is 0 Å². The molecule has 0 unspecified atom stereocenters. The minimum atomic E-state index is -0.854. The van der Waals surface area contributed by atoms with Crippen molar-refractivity contribution >= 4 is 11.9 Å². The number of hydrogen-bond acceptors (Lipinski definition) is 5. The number of fused-ring (bicyclic) bond motifs is 1. The van der Waals surface area contributed by atoms with Crippen LogP contribution in [0.2, 0.25) is 0 Å². The van der Waals surface area contributed by atoms with E-state index in [1.54, 1.807) is 0 Å². The third kappa shape index (κ3) is 3.50. The second-order valence-electron chi connectivity index (χ2n) is 6.95. The molecule has 0 heterocycles. The van der Waals surface area contributed by atoms with E-state index in [1.165, 1.54) is 14.0 Å². The first-order valence-electron chi connectivity index (χ1n) is 8.02. The molecule has 5 heteroatoms. The monoisotopic (exact) mass is 322 g/mol. The predicted octanol–water partition coefficient (Wildman–Crippen LogP) is 2.39. The van der Waals surface area contributed by atoms with Crippen LogP contribution in [-0.4, -0.2) is 35.9 Å². The van der Waals surface area contributed by atoms with E-state index in [4.69, 9.17) is 9.47 Å². The molecule has 23 heavy (non-hydrogen) atoms. The highest BCUT2D eigenvalue weighted by Gasteiger charge is 2.49. The van der Waals surface area contributed by atoms with Gasteiger partial charge in [-0.3, -0.25) is 4.79 Å². The SMILES string of the molecule is C=C(C(=O)OC)[C@@H]1CC[C@](C)(O)[C@H]2C[C@H](OC(C)=O)C(C)=C[C@H]12. The lowest BCUT2D eigenvalue weighted by Gasteiger charge is -2.49. The summed E-state index contributed by atoms with van der Waals surface area (Å²) in [5.41, 5.74) is 0.558. The lowest BCUT2D eigenvalue weighted by molar-refractivity contribution is -0.149. The van der Waals surface area contributed by atoms with Crippen molar-refractivity contribution in [3.63, 3.8) is 0 Å². The van der Waals surface area contributed by atoms with E-state index in [9.17, 15) is 14.7 Å². The van der Waals surface area contributed by atoms with Gasteiger partial charge in [-0.15, -0.1) is 0 Å². The molecule has 2 aliphatic rings. The van der Waals surface area contributed by atoms with Crippen molar-refractivity contribution in [2.24, 2.45) is 17.8 Å². The summed E-state index contributed by atoms with van der Waals surface area (Å²) >= 11 is 0. The standard InChI is InChI=1S/C18H26O5/c1-10-8-14-13(11(2)17(20)22-5)6-7-18(4,21)15(14)9-16(10)23-12(3)19/h8,13-16,21H,2,6-7,9H2,1,3-5H3/t13-,14+,15-,16-,18-/m0/s1. The number of esters is 2. The van der Waals surface area contributed by atoms with E-state index >= 15 is 0 Å². The number of ether oxygens (including phenoxy) is 2. The van der Waals surface area contributed by atoms with Gasteiger partial charge >= 0.3 is 11.9 Å². The fourth-order valence-electron chi connectivity index (χ4n) is 4.02. The van der Waals surface area contributed by atoms with Gasteiger partial charge in [-0.05, 0) is 56.4 Å². The summed E-state index contributed by atoms with van der Waals surface area (Å²) in [5, 5.41) is 10.8. The molecule has 0 aromatic rings. The lowest BCUT2D eigenvalue weighted by Crippen LogP contribution is -2.50. The second-order valence-corrected chi connectivity index (χ2v) is 6.95. The quantitative estimate of drug-likeness (QED) is 0.491. The summed E-state index contributed by atoms with van der Waals surface area (Å²) < 4.78 is 10.2. The molecule has 0 spiro atoms. The highest BCUT2D eigenvalue weighted by molar-refractivity contribution is 5.88. The van der Waals surface area contributed by atoms with Gasteiger partial charge in [0.15, 0.2) is 0 Å². The first-order chi connectivity index (χ1) is 10.7. The van der Waals surface area contributed by atoms with Crippen LogP contribution in [-0.2, 0) is 19.1 Å². The molecular formula is C18H26O5. The molecule has 0 radical (unpaired) electrons. The van der Waals surface area contributed by atoms with Crippen molar-refractivity contribution in [1.29, 1.82) is 0 Å². The maximum atomic E-state index is 11.9. The summed E-state index contributed by atoms with van der Waals surface area (Å²) in [6.07, 6.45) is 3.54. The van der Waals surface area contributed by atoms with Gasteiger partial charge in [0.2, 0.25) is 0 Å². The molecule has 1 fully saturated rings. The smallest absolute Gasteiger partial charge is 0.333 e. The van der Waals surface area contributed by atoms with Crippen LogP contribution in [0.25, 0.3) is 0 Å². The van der Waals surface area contributed by atoms with Crippen molar-refractivity contribution in [2.75, 3.05) is 7.11 Å². The number of aliphatic hydroxyl groups is 1. The molecule has 0 amide bonds. The van der Waals surface area contributed by atoms with E-state index in [1.807, 2.05) is 19.9 Å². The molecule has 0 aliphatic heterocycles. The third-order valence-electron chi connectivity index (χ3n) is 5.32. The molecule has 1 saturated carbocycles. The van der Waals surface area contributed by atoms with Crippen LogP contribution in [0, 0.1) is 17.8 Å². The zero-order valence-electron chi connectivity index (χ0n) is 14.3. The Balaban J connectivity index is 2.33. The van der Waals surface area contributed by atoms with Crippen LogP contribution in [0.15, 0.2) is 23.8 Å². The molecule has 0 saturated heterocycles. The van der Waals surface area contributed by atoms with Gasteiger partial charge in [0.25, 0.3) is 0 Å². The average molecular weight is 322 g/mol. The number of carbonyl (C=O) groups excluding carboxylic acids is 2.